The van der Waals surface area contributed by atoms with E-state index in [1.807, 2.05) is 24.3 Å². The Balaban J connectivity index is 0.995. The number of furan rings is 2. The molecule has 0 saturated carbocycles. The van der Waals surface area contributed by atoms with E-state index in [2.05, 4.69) is 150 Å². The van der Waals surface area contributed by atoms with Crippen molar-refractivity contribution in [3.05, 3.63) is 170 Å². The molecule has 0 N–H and O–H groups in total. The molecule has 4 heteroatoms. The Morgan fingerprint density at radius 2 is 0.887 bits per heavy atom. The summed E-state index contributed by atoms with van der Waals surface area (Å²) in [5, 5.41) is 9.28. The van der Waals surface area contributed by atoms with E-state index in [0.717, 1.165) is 88.2 Å². The predicted octanol–water partition coefficient (Wildman–Crippen LogP) is 13.6. The molecule has 4 aromatic heterocycles. The second-order valence-corrected chi connectivity index (χ2v) is 14.0. The summed E-state index contributed by atoms with van der Waals surface area (Å²) in [5.74, 6) is 0. The molecule has 0 atom stereocenters. The first-order valence-electron chi connectivity index (χ1n) is 17.9. The fourth-order valence-electron chi connectivity index (χ4n) is 8.44. The van der Waals surface area contributed by atoms with Crippen molar-refractivity contribution in [2.75, 3.05) is 0 Å². The van der Waals surface area contributed by atoms with Gasteiger partial charge in [0.1, 0.15) is 28.0 Å². The number of aromatic nitrogens is 2. The zero-order valence-corrected chi connectivity index (χ0v) is 28.4. The molecule has 0 bridgehead atoms. The second kappa shape index (κ2) is 10.7. The van der Waals surface area contributed by atoms with E-state index in [1.54, 1.807) is 0 Å². The minimum atomic E-state index is 0.899. The highest BCUT2D eigenvalue weighted by Crippen LogP contribution is 2.40. The van der Waals surface area contributed by atoms with E-state index in [4.69, 9.17) is 13.8 Å². The number of para-hydroxylation sites is 2. The minimum Gasteiger partial charge on any atom is -0.456 e. The molecule has 0 amide bonds. The van der Waals surface area contributed by atoms with Gasteiger partial charge in [0.15, 0.2) is 0 Å². The predicted molar refractivity (Wildman–Crippen MR) is 219 cm³/mol. The van der Waals surface area contributed by atoms with Crippen LogP contribution < -0.4 is 0 Å². The van der Waals surface area contributed by atoms with Gasteiger partial charge in [-0.2, -0.15) is 0 Å². The third-order valence-corrected chi connectivity index (χ3v) is 11.0. The van der Waals surface area contributed by atoms with Crippen molar-refractivity contribution in [1.29, 1.82) is 0 Å². The third kappa shape index (κ3) is 4.21. The maximum atomic E-state index is 6.22. The lowest BCUT2D eigenvalue weighted by atomic mass is 9.94. The van der Waals surface area contributed by atoms with Crippen LogP contribution in [0.15, 0.2) is 179 Å². The number of fused-ring (bicyclic) bond motifs is 14. The average molecular weight is 677 g/mol. The molecule has 0 aliphatic heterocycles. The highest BCUT2D eigenvalue weighted by atomic mass is 16.3. The van der Waals surface area contributed by atoms with Crippen LogP contribution in [0.3, 0.4) is 0 Å². The Morgan fingerprint density at radius 1 is 0.340 bits per heavy atom. The van der Waals surface area contributed by atoms with E-state index >= 15 is 0 Å². The van der Waals surface area contributed by atoms with Gasteiger partial charge in [0.05, 0.1) is 11.0 Å². The monoisotopic (exact) mass is 676 g/mol. The Morgan fingerprint density at radius 3 is 1.68 bits per heavy atom. The van der Waals surface area contributed by atoms with Gasteiger partial charge in [-0.25, -0.2) is 4.98 Å². The van der Waals surface area contributed by atoms with Crippen molar-refractivity contribution < 1.29 is 8.83 Å². The zero-order valence-electron chi connectivity index (χ0n) is 28.4. The second-order valence-electron chi connectivity index (χ2n) is 14.0. The van der Waals surface area contributed by atoms with Gasteiger partial charge in [0, 0.05) is 38.5 Å². The van der Waals surface area contributed by atoms with Crippen LogP contribution in [-0.2, 0) is 0 Å². The van der Waals surface area contributed by atoms with E-state index in [1.165, 1.54) is 27.3 Å². The quantitative estimate of drug-likeness (QED) is 0.175. The van der Waals surface area contributed by atoms with Crippen LogP contribution >= 0.6 is 0 Å². The van der Waals surface area contributed by atoms with Crippen molar-refractivity contribution in [2.45, 2.75) is 0 Å². The first-order chi connectivity index (χ1) is 26.2. The number of nitrogens with zero attached hydrogens (tertiary/aromatic N) is 2. The van der Waals surface area contributed by atoms with Crippen LogP contribution in [0.1, 0.15) is 0 Å². The molecule has 0 spiro atoms. The van der Waals surface area contributed by atoms with Gasteiger partial charge in [-0.05, 0) is 105 Å². The van der Waals surface area contributed by atoms with E-state index in [0.29, 0.717) is 0 Å². The molecule has 0 radical (unpaired) electrons. The molecule has 4 heterocycles. The van der Waals surface area contributed by atoms with Gasteiger partial charge >= 0.3 is 0 Å². The highest BCUT2D eigenvalue weighted by molar-refractivity contribution is 6.24. The number of pyridine rings is 1. The van der Waals surface area contributed by atoms with Crippen molar-refractivity contribution >= 4 is 82.1 Å². The fraction of sp³-hybridized carbons (Fsp3) is 0. The van der Waals surface area contributed by atoms with Crippen LogP contribution in [0.25, 0.3) is 115 Å². The SMILES string of the molecule is c1cc(-c2ccc3c(c2)oc2ccccc23)cc(-c2ccc3c(c2)c2ccccc2c2nc4cc(-c5ccc6oc7ccccc7c6c5)ccn4c32)c1. The van der Waals surface area contributed by atoms with Gasteiger partial charge in [-0.3, -0.25) is 4.40 Å². The van der Waals surface area contributed by atoms with Crippen LogP contribution in [0.2, 0.25) is 0 Å². The molecule has 0 saturated heterocycles. The summed E-state index contributed by atoms with van der Waals surface area (Å²) >= 11 is 0. The molecule has 12 aromatic rings. The summed E-state index contributed by atoms with van der Waals surface area (Å²) < 4.78 is 14.6. The molecule has 0 aliphatic rings. The maximum absolute atomic E-state index is 6.22. The minimum absolute atomic E-state index is 0.899. The molecule has 53 heavy (non-hydrogen) atoms. The van der Waals surface area contributed by atoms with Crippen LogP contribution in [0, 0.1) is 0 Å². The average Bonchev–Trinajstić information content (AvgIpc) is 3.91. The number of rotatable bonds is 3. The van der Waals surface area contributed by atoms with Gasteiger partial charge in [-0.1, -0.05) is 103 Å². The van der Waals surface area contributed by atoms with Gasteiger partial charge in [-0.15, -0.1) is 0 Å². The van der Waals surface area contributed by atoms with Crippen molar-refractivity contribution in [3.8, 4) is 33.4 Å². The number of hydrogen-bond donors (Lipinski definition) is 0. The molecule has 4 nitrogen and oxygen atoms in total. The van der Waals surface area contributed by atoms with Crippen molar-refractivity contribution in [1.82, 2.24) is 9.38 Å². The number of benzene rings is 8. The molecule has 12 rings (SSSR count). The van der Waals surface area contributed by atoms with Gasteiger partial charge < -0.3 is 8.83 Å². The molecular formula is C49H28N2O2. The van der Waals surface area contributed by atoms with Crippen molar-refractivity contribution in [3.63, 3.8) is 0 Å². The Labute approximate surface area is 302 Å². The standard InChI is InChI=1S/C49H28N2O2/c1-2-13-39-35(10-1)41-25-31(29-8-7-9-30(24-29)33-16-19-38-36-11-3-5-14-43(36)53-46(38)27-33)17-20-40(41)49-48(39)50-47-28-34(22-23-51(47)49)32-18-21-45-42(26-32)37-12-4-6-15-44(37)52-45/h1-28H. The maximum Gasteiger partial charge on any atom is 0.138 e. The highest BCUT2D eigenvalue weighted by Gasteiger charge is 2.17. The summed E-state index contributed by atoms with van der Waals surface area (Å²) in [4.78, 5) is 5.28. The lowest BCUT2D eigenvalue weighted by Gasteiger charge is -2.11. The Bertz CT molecular complexity index is 3470. The van der Waals surface area contributed by atoms with Crippen LogP contribution in [0.5, 0.6) is 0 Å². The van der Waals surface area contributed by atoms with Crippen LogP contribution in [0.4, 0.5) is 0 Å². The third-order valence-electron chi connectivity index (χ3n) is 11.0. The topological polar surface area (TPSA) is 43.6 Å². The summed E-state index contributed by atoms with van der Waals surface area (Å²) in [7, 11) is 0. The lowest BCUT2D eigenvalue weighted by molar-refractivity contribution is 0.668. The molecule has 8 aromatic carbocycles. The van der Waals surface area contributed by atoms with Gasteiger partial charge in [0.25, 0.3) is 0 Å². The van der Waals surface area contributed by atoms with Gasteiger partial charge in [0.2, 0.25) is 0 Å². The molecule has 246 valence electrons. The Kier molecular flexibility index (Phi) is 5.74. The Hall–Kier alpha value is -7.17. The van der Waals surface area contributed by atoms with E-state index in [9.17, 15) is 0 Å². The van der Waals surface area contributed by atoms with E-state index in [-0.39, 0.29) is 0 Å². The first kappa shape index (κ1) is 28.5. The number of hydrogen-bond acceptors (Lipinski definition) is 3. The zero-order chi connectivity index (χ0) is 34.6. The normalized spacial score (nSPS) is 12.2. The molecular weight excluding hydrogens is 649 g/mol. The number of imidazole rings is 1. The molecule has 0 unspecified atom stereocenters. The summed E-state index contributed by atoms with van der Waals surface area (Å²) in [6.07, 6.45) is 2.17. The molecule has 0 fully saturated rings. The smallest absolute Gasteiger partial charge is 0.138 e. The largest absolute Gasteiger partial charge is 0.456 e. The molecule has 0 aliphatic carbocycles. The van der Waals surface area contributed by atoms with Crippen LogP contribution in [-0.4, -0.2) is 9.38 Å². The summed E-state index contributed by atoms with van der Waals surface area (Å²) in [6.45, 7) is 0. The first-order valence-corrected chi connectivity index (χ1v) is 17.9. The fourth-order valence-corrected chi connectivity index (χ4v) is 8.44. The van der Waals surface area contributed by atoms with E-state index < -0.39 is 0 Å². The summed E-state index contributed by atoms with van der Waals surface area (Å²) in [5.41, 5.74) is 13.6. The lowest BCUT2D eigenvalue weighted by Crippen LogP contribution is -1.89. The van der Waals surface area contributed by atoms with Crippen molar-refractivity contribution in [2.24, 2.45) is 0 Å². The summed E-state index contributed by atoms with van der Waals surface area (Å²) in [6, 6.07) is 58.1.